The summed E-state index contributed by atoms with van der Waals surface area (Å²) in [6.07, 6.45) is 0. The molecule has 0 saturated carbocycles. The van der Waals surface area contributed by atoms with Crippen LogP contribution < -0.4 is 3.26 Å². The van der Waals surface area contributed by atoms with Crippen molar-refractivity contribution in [2.75, 3.05) is 7.05 Å². The second-order valence-electron chi connectivity index (χ2n) is 0.780. The number of hydrogen-bond donors (Lipinski definition) is 1. The third-order valence-electron chi connectivity index (χ3n) is 0.354. The minimum atomic E-state index is -0.0322. The van der Waals surface area contributed by atoms with Crippen molar-refractivity contribution in [3.8, 4) is 0 Å². The average Bonchev–Trinajstić information content (AvgIpc) is 1.41. The summed E-state index contributed by atoms with van der Waals surface area (Å²) in [4.78, 5) is 0. The first-order valence-electron chi connectivity index (χ1n) is 1.81. The zero-order valence-electron chi connectivity index (χ0n) is 3.71. The van der Waals surface area contributed by atoms with E-state index in [-0.39, 0.29) is 23.5 Å². The van der Waals surface area contributed by atoms with Crippen LogP contribution in [-0.2, 0) is 23.5 Å². The Labute approximate surface area is 45.1 Å². The predicted octanol–water partition coefficient (Wildman–Crippen LogP) is 0.641. The molecule has 0 aromatic carbocycles. The zero-order valence-corrected chi connectivity index (χ0v) is 6.17. The Bertz CT molecular complexity index is 14.4. The third-order valence-corrected chi connectivity index (χ3v) is 2.09. The first-order valence-corrected chi connectivity index (χ1v) is 4.78. The van der Waals surface area contributed by atoms with Crippen molar-refractivity contribution in [1.29, 1.82) is 0 Å². The van der Waals surface area contributed by atoms with E-state index in [4.69, 9.17) is 0 Å². The Morgan fingerprint density at radius 1 is 1.80 bits per heavy atom. The molecular formula is C3H9NZr. The van der Waals surface area contributed by atoms with Crippen molar-refractivity contribution in [1.82, 2.24) is 3.26 Å². The molecule has 0 unspecified atom stereocenters. The van der Waals surface area contributed by atoms with E-state index in [2.05, 4.69) is 10.2 Å². The van der Waals surface area contributed by atoms with E-state index >= 15 is 0 Å². The molecule has 2 heteroatoms. The van der Waals surface area contributed by atoms with E-state index in [1.165, 1.54) is 4.13 Å². The fraction of sp³-hybridized carbons (Fsp3) is 1.00. The Kier molecular flexibility index (Phi) is 5.66. The van der Waals surface area contributed by atoms with Gasteiger partial charge < -0.3 is 0 Å². The molecule has 0 aliphatic rings. The summed E-state index contributed by atoms with van der Waals surface area (Å²) in [5.41, 5.74) is 0. The van der Waals surface area contributed by atoms with Gasteiger partial charge in [-0.25, -0.2) is 0 Å². The Morgan fingerprint density at radius 3 is 2.40 bits per heavy atom. The maximum absolute atomic E-state index is 3.19. The summed E-state index contributed by atoms with van der Waals surface area (Å²) in [7, 11) is 2.04. The van der Waals surface area contributed by atoms with Gasteiger partial charge in [-0.2, -0.15) is 0 Å². The summed E-state index contributed by atoms with van der Waals surface area (Å²) < 4.78 is 4.59. The van der Waals surface area contributed by atoms with Gasteiger partial charge >= 0.3 is 44.9 Å². The van der Waals surface area contributed by atoms with Gasteiger partial charge in [-0.15, -0.1) is 0 Å². The first kappa shape index (κ1) is 5.84. The first-order chi connectivity index (χ1) is 2.41. The van der Waals surface area contributed by atoms with Crippen LogP contribution in [0.2, 0.25) is 4.13 Å². The van der Waals surface area contributed by atoms with Crippen LogP contribution in [0.25, 0.3) is 0 Å². The van der Waals surface area contributed by atoms with Crippen LogP contribution >= 0.6 is 0 Å². The Morgan fingerprint density at radius 2 is 2.40 bits per heavy atom. The molecule has 0 radical (unpaired) electrons. The van der Waals surface area contributed by atoms with Crippen LogP contribution in [0.1, 0.15) is 6.92 Å². The van der Waals surface area contributed by atoms with E-state index < -0.39 is 0 Å². The van der Waals surface area contributed by atoms with Crippen LogP contribution in [0.4, 0.5) is 0 Å². The standard InChI is InChI=1S/C2H5.CH4N.Zr/c2*1-2;/h1H2,2H3;2H,1H3;/q;-1;+1. The molecule has 0 spiro atoms. The summed E-state index contributed by atoms with van der Waals surface area (Å²) in [5.74, 6) is 0. The molecule has 0 aromatic heterocycles. The maximum atomic E-state index is 3.19. The molecule has 0 heterocycles. The van der Waals surface area contributed by atoms with Gasteiger partial charge in [0.15, 0.2) is 0 Å². The molecule has 1 N–H and O–H groups in total. The molecule has 0 fully saturated rings. The van der Waals surface area contributed by atoms with Crippen molar-refractivity contribution in [2.45, 2.75) is 11.1 Å². The molecule has 0 aliphatic heterocycles. The molecule has 0 rings (SSSR count). The van der Waals surface area contributed by atoms with E-state index in [1.807, 2.05) is 7.05 Å². The molecule has 0 saturated heterocycles. The molecule has 0 bridgehead atoms. The van der Waals surface area contributed by atoms with Crippen LogP contribution in [0.5, 0.6) is 0 Å². The SMILES string of the molecule is C[CH2][Zr][NH]C. The van der Waals surface area contributed by atoms with Gasteiger partial charge in [-0.05, 0) is 0 Å². The van der Waals surface area contributed by atoms with E-state index in [1.54, 1.807) is 0 Å². The Balaban J connectivity index is 2.19. The topological polar surface area (TPSA) is 12.0 Å². The van der Waals surface area contributed by atoms with E-state index in [0.717, 1.165) is 0 Å². The number of nitrogens with one attached hydrogen (secondary N) is 1. The molecule has 30 valence electrons. The second kappa shape index (κ2) is 4.84. The average molecular weight is 150 g/mol. The van der Waals surface area contributed by atoms with E-state index in [9.17, 15) is 0 Å². The van der Waals surface area contributed by atoms with Crippen molar-refractivity contribution in [3.05, 3.63) is 0 Å². The quantitative estimate of drug-likeness (QED) is 0.609. The van der Waals surface area contributed by atoms with Gasteiger partial charge in [0.05, 0.1) is 0 Å². The van der Waals surface area contributed by atoms with Crippen molar-refractivity contribution in [3.63, 3.8) is 0 Å². The van der Waals surface area contributed by atoms with Crippen LogP contribution in [-0.4, -0.2) is 7.05 Å². The molecule has 5 heavy (non-hydrogen) atoms. The number of hydrogen-bond acceptors (Lipinski definition) is 1. The zero-order chi connectivity index (χ0) is 4.12. The van der Waals surface area contributed by atoms with Crippen LogP contribution in [0.15, 0.2) is 0 Å². The Hall–Kier alpha value is 0.843. The van der Waals surface area contributed by atoms with Gasteiger partial charge in [-0.1, -0.05) is 0 Å². The van der Waals surface area contributed by atoms with Gasteiger partial charge in [0.1, 0.15) is 0 Å². The number of rotatable bonds is 2. The van der Waals surface area contributed by atoms with Gasteiger partial charge in [0.2, 0.25) is 0 Å². The van der Waals surface area contributed by atoms with Crippen LogP contribution in [0, 0.1) is 0 Å². The van der Waals surface area contributed by atoms with Crippen molar-refractivity contribution >= 4 is 0 Å². The predicted molar refractivity (Wildman–Crippen MR) is 19.5 cm³/mol. The fourth-order valence-corrected chi connectivity index (χ4v) is 1.05. The summed E-state index contributed by atoms with van der Waals surface area (Å²) in [6, 6.07) is 0. The summed E-state index contributed by atoms with van der Waals surface area (Å²) >= 11 is -0.0322. The van der Waals surface area contributed by atoms with Gasteiger partial charge in [0, 0.05) is 0 Å². The molecule has 0 atom stereocenters. The molecular weight excluding hydrogens is 141 g/mol. The third kappa shape index (κ3) is 4.84. The van der Waals surface area contributed by atoms with Gasteiger partial charge in [-0.3, -0.25) is 0 Å². The fourth-order valence-electron chi connectivity index (χ4n) is 0.177. The summed E-state index contributed by atoms with van der Waals surface area (Å²) in [5, 5.41) is 0. The molecule has 0 amide bonds. The van der Waals surface area contributed by atoms with E-state index in [0.29, 0.717) is 0 Å². The monoisotopic (exact) mass is 149 g/mol. The second-order valence-corrected chi connectivity index (χ2v) is 4.62. The molecule has 0 aromatic rings. The van der Waals surface area contributed by atoms with Crippen LogP contribution in [0.3, 0.4) is 0 Å². The van der Waals surface area contributed by atoms with Crippen molar-refractivity contribution < 1.29 is 23.5 Å². The summed E-state index contributed by atoms with van der Waals surface area (Å²) in [6.45, 7) is 2.22. The normalized spacial score (nSPS) is 7.60. The minimum absolute atomic E-state index is 0.0322. The van der Waals surface area contributed by atoms with Gasteiger partial charge in [0.25, 0.3) is 0 Å². The molecule has 0 aliphatic carbocycles. The molecule has 1 nitrogen and oxygen atoms in total. The van der Waals surface area contributed by atoms with Crippen molar-refractivity contribution in [2.24, 2.45) is 0 Å².